The van der Waals surface area contributed by atoms with E-state index in [0.29, 0.717) is 23.7 Å². The van der Waals surface area contributed by atoms with Crippen molar-refractivity contribution >= 4 is 21.4 Å². The Kier molecular flexibility index (Phi) is 4.20. The highest BCUT2D eigenvalue weighted by Gasteiger charge is 2.33. The van der Waals surface area contributed by atoms with Crippen molar-refractivity contribution in [3.05, 3.63) is 28.8 Å². The van der Waals surface area contributed by atoms with Crippen LogP contribution in [0.3, 0.4) is 0 Å². The number of aliphatic hydroxyl groups is 1. The standard InChI is InChI=1S/C13H18ClNO3S/c1-19(17,18)12-5-2-4-11(14)10(12)8-15-9-13(16)6-3-7-13/h2,4-5,15-16H,3,6-9H2,1H3. The van der Waals surface area contributed by atoms with Crippen molar-refractivity contribution in [3.8, 4) is 0 Å². The molecule has 19 heavy (non-hydrogen) atoms. The third-order valence-electron chi connectivity index (χ3n) is 3.52. The van der Waals surface area contributed by atoms with Gasteiger partial charge >= 0.3 is 0 Å². The van der Waals surface area contributed by atoms with Gasteiger partial charge in [0, 0.05) is 29.9 Å². The molecule has 0 amide bonds. The van der Waals surface area contributed by atoms with Crippen molar-refractivity contribution < 1.29 is 13.5 Å². The number of hydrogen-bond donors (Lipinski definition) is 2. The summed E-state index contributed by atoms with van der Waals surface area (Å²) in [6.45, 7) is 0.797. The van der Waals surface area contributed by atoms with Gasteiger partial charge in [0.1, 0.15) is 0 Å². The Balaban J connectivity index is 2.11. The quantitative estimate of drug-likeness (QED) is 0.870. The minimum absolute atomic E-state index is 0.244. The molecule has 0 unspecified atom stereocenters. The lowest BCUT2D eigenvalue weighted by Crippen LogP contribution is -2.46. The topological polar surface area (TPSA) is 66.4 Å². The van der Waals surface area contributed by atoms with Crippen LogP contribution in [0.15, 0.2) is 23.1 Å². The van der Waals surface area contributed by atoms with Gasteiger partial charge in [-0.25, -0.2) is 8.42 Å². The Labute approximate surface area is 118 Å². The molecule has 106 valence electrons. The van der Waals surface area contributed by atoms with Crippen LogP contribution in [0.2, 0.25) is 5.02 Å². The van der Waals surface area contributed by atoms with Gasteiger partial charge in [-0.2, -0.15) is 0 Å². The highest BCUT2D eigenvalue weighted by atomic mass is 35.5. The Morgan fingerprint density at radius 3 is 2.63 bits per heavy atom. The van der Waals surface area contributed by atoms with Crippen LogP contribution in [0.5, 0.6) is 0 Å². The van der Waals surface area contributed by atoms with Gasteiger partial charge in [0.15, 0.2) is 9.84 Å². The maximum atomic E-state index is 11.7. The Morgan fingerprint density at radius 1 is 1.42 bits per heavy atom. The summed E-state index contributed by atoms with van der Waals surface area (Å²) in [5.74, 6) is 0. The molecule has 2 rings (SSSR count). The lowest BCUT2D eigenvalue weighted by Gasteiger charge is -2.36. The molecule has 6 heteroatoms. The van der Waals surface area contributed by atoms with Crippen LogP contribution < -0.4 is 5.32 Å². The normalized spacial score (nSPS) is 18.1. The maximum Gasteiger partial charge on any atom is 0.175 e. The van der Waals surface area contributed by atoms with Crippen LogP contribution in [0, 0.1) is 0 Å². The summed E-state index contributed by atoms with van der Waals surface area (Å²) in [5, 5.41) is 13.5. The van der Waals surface area contributed by atoms with Crippen LogP contribution >= 0.6 is 11.6 Å². The molecular weight excluding hydrogens is 286 g/mol. The first kappa shape index (κ1) is 14.8. The maximum absolute atomic E-state index is 11.7. The second-order valence-corrected chi connectivity index (χ2v) is 7.56. The summed E-state index contributed by atoms with van der Waals surface area (Å²) in [7, 11) is -3.30. The molecule has 1 fully saturated rings. The van der Waals surface area contributed by atoms with Crippen LogP contribution in [-0.2, 0) is 16.4 Å². The number of benzene rings is 1. The van der Waals surface area contributed by atoms with Gasteiger partial charge in [0.25, 0.3) is 0 Å². The smallest absolute Gasteiger partial charge is 0.175 e. The lowest BCUT2D eigenvalue weighted by atomic mass is 9.80. The molecule has 0 spiro atoms. The molecule has 0 radical (unpaired) electrons. The van der Waals surface area contributed by atoms with Gasteiger partial charge in [0.05, 0.1) is 10.5 Å². The third kappa shape index (κ3) is 3.48. The monoisotopic (exact) mass is 303 g/mol. The van der Waals surface area contributed by atoms with Crippen molar-refractivity contribution in [2.75, 3.05) is 12.8 Å². The molecule has 0 aliphatic heterocycles. The molecule has 2 N–H and O–H groups in total. The zero-order chi connectivity index (χ0) is 14.1. The minimum Gasteiger partial charge on any atom is -0.389 e. The molecule has 0 saturated heterocycles. The molecule has 1 aliphatic carbocycles. The lowest BCUT2D eigenvalue weighted by molar-refractivity contribution is -0.0315. The van der Waals surface area contributed by atoms with Gasteiger partial charge in [-0.15, -0.1) is 0 Å². The SMILES string of the molecule is CS(=O)(=O)c1cccc(Cl)c1CNCC1(O)CCC1. The van der Waals surface area contributed by atoms with Crippen molar-refractivity contribution in [2.45, 2.75) is 36.3 Å². The van der Waals surface area contributed by atoms with Crippen LogP contribution in [-0.4, -0.2) is 31.9 Å². The predicted octanol–water partition coefficient (Wildman–Crippen LogP) is 1.75. The molecule has 0 aromatic heterocycles. The van der Waals surface area contributed by atoms with E-state index < -0.39 is 15.4 Å². The van der Waals surface area contributed by atoms with Crippen molar-refractivity contribution in [3.63, 3.8) is 0 Å². The fourth-order valence-electron chi connectivity index (χ4n) is 2.24. The number of halogens is 1. The highest BCUT2D eigenvalue weighted by Crippen LogP contribution is 2.31. The zero-order valence-electron chi connectivity index (χ0n) is 10.8. The average molecular weight is 304 g/mol. The van der Waals surface area contributed by atoms with Gasteiger partial charge < -0.3 is 10.4 Å². The fraction of sp³-hybridized carbons (Fsp3) is 0.538. The van der Waals surface area contributed by atoms with E-state index in [1.807, 2.05) is 0 Å². The molecule has 0 bridgehead atoms. The van der Waals surface area contributed by atoms with E-state index in [1.165, 1.54) is 6.26 Å². The van der Waals surface area contributed by atoms with Crippen molar-refractivity contribution in [1.29, 1.82) is 0 Å². The summed E-state index contributed by atoms with van der Waals surface area (Å²) in [6.07, 6.45) is 3.80. The summed E-state index contributed by atoms with van der Waals surface area (Å²) in [5.41, 5.74) is -0.0680. The molecule has 0 atom stereocenters. The Bertz CT molecular complexity index is 567. The average Bonchev–Trinajstić information content (AvgIpc) is 2.27. The van der Waals surface area contributed by atoms with Crippen LogP contribution in [0.4, 0.5) is 0 Å². The number of nitrogens with one attached hydrogen (secondary N) is 1. The first-order valence-corrected chi connectivity index (χ1v) is 8.49. The Morgan fingerprint density at radius 2 is 2.11 bits per heavy atom. The van der Waals surface area contributed by atoms with E-state index in [-0.39, 0.29) is 4.90 Å². The van der Waals surface area contributed by atoms with Crippen molar-refractivity contribution in [1.82, 2.24) is 5.32 Å². The van der Waals surface area contributed by atoms with E-state index in [9.17, 15) is 13.5 Å². The second-order valence-electron chi connectivity index (χ2n) is 5.17. The fourth-order valence-corrected chi connectivity index (χ4v) is 3.49. The zero-order valence-corrected chi connectivity index (χ0v) is 12.4. The number of sulfone groups is 1. The van der Waals surface area contributed by atoms with E-state index in [2.05, 4.69) is 5.32 Å². The number of rotatable bonds is 5. The van der Waals surface area contributed by atoms with Gasteiger partial charge in [-0.05, 0) is 31.4 Å². The minimum atomic E-state index is -3.30. The van der Waals surface area contributed by atoms with Crippen LogP contribution in [0.25, 0.3) is 0 Å². The predicted molar refractivity (Wildman–Crippen MR) is 75.1 cm³/mol. The first-order chi connectivity index (χ1) is 8.82. The summed E-state index contributed by atoms with van der Waals surface area (Å²) in [4.78, 5) is 0.244. The van der Waals surface area contributed by atoms with Crippen LogP contribution in [0.1, 0.15) is 24.8 Å². The van der Waals surface area contributed by atoms with Gasteiger partial charge in [-0.3, -0.25) is 0 Å². The summed E-state index contributed by atoms with van der Waals surface area (Å²) in [6, 6.07) is 4.85. The second kappa shape index (κ2) is 5.40. The Hall–Kier alpha value is -0.620. The van der Waals surface area contributed by atoms with E-state index in [4.69, 9.17) is 11.6 Å². The van der Waals surface area contributed by atoms with E-state index >= 15 is 0 Å². The molecule has 1 aliphatic rings. The van der Waals surface area contributed by atoms with E-state index in [0.717, 1.165) is 19.3 Å². The van der Waals surface area contributed by atoms with Crippen molar-refractivity contribution in [2.24, 2.45) is 0 Å². The van der Waals surface area contributed by atoms with Gasteiger partial charge in [-0.1, -0.05) is 17.7 Å². The molecule has 4 nitrogen and oxygen atoms in total. The molecule has 0 heterocycles. The van der Waals surface area contributed by atoms with E-state index in [1.54, 1.807) is 18.2 Å². The third-order valence-corrected chi connectivity index (χ3v) is 5.05. The first-order valence-electron chi connectivity index (χ1n) is 6.22. The highest BCUT2D eigenvalue weighted by molar-refractivity contribution is 7.90. The molecule has 1 saturated carbocycles. The molecule has 1 aromatic carbocycles. The number of hydrogen-bond acceptors (Lipinski definition) is 4. The largest absolute Gasteiger partial charge is 0.389 e. The summed E-state index contributed by atoms with van der Waals surface area (Å²) < 4.78 is 23.4. The van der Waals surface area contributed by atoms with Gasteiger partial charge in [0.2, 0.25) is 0 Å². The molecule has 1 aromatic rings. The molecular formula is C13H18ClNO3S. The summed E-state index contributed by atoms with van der Waals surface area (Å²) >= 11 is 6.07.